The fraction of sp³-hybridized carbons (Fsp3) is 0.393. The topological polar surface area (TPSA) is 65.5 Å². The quantitative estimate of drug-likeness (QED) is 0.265. The number of aromatic nitrogens is 1. The van der Waals surface area contributed by atoms with Crippen molar-refractivity contribution >= 4 is 49.0 Å². The maximum Gasteiger partial charge on any atom is 0.263 e. The van der Waals surface area contributed by atoms with E-state index in [1.165, 1.54) is 59.5 Å². The Labute approximate surface area is 218 Å². The summed E-state index contributed by atoms with van der Waals surface area (Å²) in [6, 6.07) is 16.8. The van der Waals surface area contributed by atoms with Gasteiger partial charge in [-0.2, -0.15) is 4.57 Å². The van der Waals surface area contributed by atoms with Crippen molar-refractivity contribution in [3.8, 4) is 0 Å². The summed E-state index contributed by atoms with van der Waals surface area (Å²) in [6.45, 7) is 5.43. The third-order valence-corrected chi connectivity index (χ3v) is 9.43. The number of nitrogens with one attached hydrogen (secondary N) is 1. The number of rotatable bonds is 9. The zero-order valence-electron chi connectivity index (χ0n) is 20.9. The van der Waals surface area contributed by atoms with Crippen LogP contribution in [0.2, 0.25) is 0 Å². The Hall–Kier alpha value is -2.36. The van der Waals surface area contributed by atoms with Crippen LogP contribution in [0.5, 0.6) is 0 Å². The first-order valence-corrected chi connectivity index (χ1v) is 15.2. The van der Waals surface area contributed by atoms with Crippen LogP contribution in [0.25, 0.3) is 21.9 Å². The minimum Gasteiger partial charge on any atom is -0.748 e. The number of thiazole rings is 1. The van der Waals surface area contributed by atoms with E-state index in [1.54, 1.807) is 11.3 Å². The van der Waals surface area contributed by atoms with E-state index in [2.05, 4.69) is 66.4 Å². The molecular formula is C28H35N3O3S2+2. The molecule has 0 saturated carbocycles. The second-order valence-electron chi connectivity index (χ2n) is 10.3. The second-order valence-corrected chi connectivity index (χ2v) is 12.9. The Kier molecular flexibility index (Phi) is 7.42. The van der Waals surface area contributed by atoms with Gasteiger partial charge in [0.1, 0.15) is 10.4 Å². The molecule has 0 aliphatic carbocycles. The fourth-order valence-electron chi connectivity index (χ4n) is 5.63. The molecule has 3 heterocycles. The predicted molar refractivity (Wildman–Crippen MR) is 145 cm³/mol. The van der Waals surface area contributed by atoms with Crippen LogP contribution in [0, 0.1) is 0 Å². The average molecular weight is 526 g/mol. The number of hydrogen-bond donors (Lipinski definition) is 1. The molecule has 36 heavy (non-hydrogen) atoms. The normalized spacial score (nSPS) is 20.3. The molecule has 0 bridgehead atoms. The van der Waals surface area contributed by atoms with Crippen LogP contribution in [-0.4, -0.2) is 56.4 Å². The van der Waals surface area contributed by atoms with Gasteiger partial charge < -0.3 is 9.04 Å². The number of nitrogens with zero attached hydrogens (tertiary/aromatic N) is 2. The molecule has 2 aliphatic rings. The van der Waals surface area contributed by atoms with Crippen LogP contribution in [0.15, 0.2) is 60.8 Å². The number of hydrogen-bond acceptors (Lipinski definition) is 4. The molecule has 0 radical (unpaired) electrons. The van der Waals surface area contributed by atoms with E-state index >= 15 is 0 Å². The molecule has 2 aliphatic heterocycles. The molecule has 3 aromatic rings. The summed E-state index contributed by atoms with van der Waals surface area (Å²) >= 11 is 1.69. The summed E-state index contributed by atoms with van der Waals surface area (Å²) in [6.07, 6.45) is 10.9. The monoisotopic (exact) mass is 525 g/mol. The summed E-state index contributed by atoms with van der Waals surface area (Å²) in [5.74, 6) is -0.348. The third kappa shape index (κ3) is 5.79. The lowest BCUT2D eigenvalue weighted by molar-refractivity contribution is -0.900. The highest BCUT2D eigenvalue weighted by Gasteiger charge is 2.28. The summed E-state index contributed by atoms with van der Waals surface area (Å²) in [5.41, 5.74) is 4.77. The van der Waals surface area contributed by atoms with Crippen LogP contribution in [0.1, 0.15) is 36.3 Å². The molecule has 8 heteroatoms. The van der Waals surface area contributed by atoms with Crippen LogP contribution < -0.4 is 9.47 Å². The molecule has 1 atom stereocenters. The van der Waals surface area contributed by atoms with E-state index in [4.69, 9.17) is 0 Å². The van der Waals surface area contributed by atoms with Crippen molar-refractivity contribution in [3.05, 3.63) is 71.4 Å². The van der Waals surface area contributed by atoms with Gasteiger partial charge in [-0.3, -0.25) is 4.90 Å². The van der Waals surface area contributed by atoms with E-state index in [-0.39, 0.29) is 5.75 Å². The van der Waals surface area contributed by atoms with E-state index in [0.717, 1.165) is 27.3 Å². The SMILES string of the molecule is C[N+]1(CCC[NH+]2C=CC(=Cc3sc4ccccc4[n+]3CCCS(=O)(=O)[O-])c3ccccc32)CCCC1. The largest absolute Gasteiger partial charge is 0.748 e. The zero-order valence-corrected chi connectivity index (χ0v) is 22.5. The number of fused-ring (bicyclic) bond motifs is 2. The molecule has 2 aromatic carbocycles. The Bertz CT molecular complexity index is 1400. The van der Waals surface area contributed by atoms with Gasteiger partial charge in [-0.25, -0.2) is 8.42 Å². The number of likely N-dealkylation sites (tertiary alicyclic amines) is 1. The van der Waals surface area contributed by atoms with Gasteiger partial charge in [-0.05, 0) is 12.1 Å². The third-order valence-electron chi connectivity index (χ3n) is 7.53. The van der Waals surface area contributed by atoms with Gasteiger partial charge >= 0.3 is 0 Å². The number of benzene rings is 2. The van der Waals surface area contributed by atoms with Crippen molar-refractivity contribution < 1.29 is 26.9 Å². The van der Waals surface area contributed by atoms with E-state index in [0.29, 0.717) is 13.0 Å². The van der Waals surface area contributed by atoms with Crippen LogP contribution in [0.3, 0.4) is 0 Å². The number of aryl methyl sites for hydroxylation is 1. The van der Waals surface area contributed by atoms with Crippen molar-refractivity contribution in [1.29, 1.82) is 0 Å². The first-order valence-electron chi connectivity index (χ1n) is 12.9. The highest BCUT2D eigenvalue weighted by Crippen LogP contribution is 2.29. The molecule has 1 unspecified atom stereocenters. The highest BCUT2D eigenvalue weighted by atomic mass is 32.2. The molecule has 5 rings (SSSR count). The van der Waals surface area contributed by atoms with Gasteiger partial charge in [0.25, 0.3) is 5.01 Å². The molecular weight excluding hydrogens is 490 g/mol. The van der Waals surface area contributed by atoms with Gasteiger partial charge in [0, 0.05) is 66.9 Å². The van der Waals surface area contributed by atoms with Crippen molar-refractivity contribution in [2.45, 2.75) is 32.2 Å². The molecule has 190 valence electrons. The summed E-state index contributed by atoms with van der Waals surface area (Å²) in [5, 5.41) is 1.06. The zero-order chi connectivity index (χ0) is 25.2. The predicted octanol–water partition coefficient (Wildman–Crippen LogP) is 3.34. The summed E-state index contributed by atoms with van der Waals surface area (Å²) < 4.78 is 38.0. The molecule has 1 aromatic heterocycles. The van der Waals surface area contributed by atoms with Crippen LogP contribution in [-0.2, 0) is 16.7 Å². The number of quaternary nitrogens is 2. The lowest BCUT2D eigenvalue weighted by Gasteiger charge is -2.30. The smallest absolute Gasteiger partial charge is 0.263 e. The van der Waals surface area contributed by atoms with E-state index in [9.17, 15) is 13.0 Å². The lowest BCUT2D eigenvalue weighted by Crippen LogP contribution is -3.03. The molecule has 6 nitrogen and oxygen atoms in total. The number of allylic oxidation sites excluding steroid dienone is 2. The Morgan fingerprint density at radius 2 is 1.83 bits per heavy atom. The summed E-state index contributed by atoms with van der Waals surface area (Å²) in [7, 11) is -1.83. The fourth-order valence-corrected chi connectivity index (χ4v) is 7.25. The van der Waals surface area contributed by atoms with Crippen molar-refractivity contribution in [1.82, 2.24) is 0 Å². The standard InChI is InChI=1S/C28H34N3O3S2/c1-31(18-6-7-19-31)20-8-15-29-17-14-23(24-10-2-3-11-25(24)29)22-28-30(16-9-21-36(32,33)34)26-12-4-5-13-27(26)35-28/h2-5,10-14,17,22H,6-9,15-16,18-21H2,1H3/q+1/p+1. The molecule has 1 fully saturated rings. The maximum absolute atomic E-state index is 11.2. The van der Waals surface area contributed by atoms with Crippen LogP contribution in [0.4, 0.5) is 5.69 Å². The maximum atomic E-state index is 11.2. The number of para-hydroxylation sites is 2. The van der Waals surface area contributed by atoms with E-state index < -0.39 is 10.1 Å². The van der Waals surface area contributed by atoms with E-state index in [1.807, 2.05) is 12.1 Å². The minimum atomic E-state index is -4.22. The lowest BCUT2D eigenvalue weighted by atomic mass is 9.99. The Balaban J connectivity index is 1.41. The van der Waals surface area contributed by atoms with Gasteiger partial charge in [0.2, 0.25) is 5.52 Å². The first-order chi connectivity index (χ1) is 17.3. The molecule has 0 spiro atoms. The molecule has 0 amide bonds. The average Bonchev–Trinajstić information content (AvgIpc) is 3.43. The minimum absolute atomic E-state index is 0.301. The summed E-state index contributed by atoms with van der Waals surface area (Å²) in [4.78, 5) is 1.40. The van der Waals surface area contributed by atoms with Gasteiger partial charge in [0.05, 0.1) is 49.5 Å². The Morgan fingerprint density at radius 3 is 2.64 bits per heavy atom. The first kappa shape index (κ1) is 25.3. The van der Waals surface area contributed by atoms with Crippen molar-refractivity contribution in [3.63, 3.8) is 0 Å². The Morgan fingerprint density at radius 1 is 1.08 bits per heavy atom. The van der Waals surface area contributed by atoms with Crippen molar-refractivity contribution in [2.24, 2.45) is 0 Å². The molecule has 1 N–H and O–H groups in total. The van der Waals surface area contributed by atoms with Gasteiger partial charge in [-0.1, -0.05) is 35.6 Å². The highest BCUT2D eigenvalue weighted by molar-refractivity contribution is 7.85. The van der Waals surface area contributed by atoms with Gasteiger partial charge in [0.15, 0.2) is 6.54 Å². The van der Waals surface area contributed by atoms with Gasteiger partial charge in [-0.15, -0.1) is 0 Å². The van der Waals surface area contributed by atoms with Crippen LogP contribution >= 0.6 is 11.3 Å². The molecule has 1 saturated heterocycles. The second kappa shape index (κ2) is 10.6. The van der Waals surface area contributed by atoms with Crippen molar-refractivity contribution in [2.75, 3.05) is 39.0 Å².